The molecule has 0 saturated carbocycles. The highest BCUT2D eigenvalue weighted by Gasteiger charge is 2.22. The highest BCUT2D eigenvalue weighted by Crippen LogP contribution is 2.24. The van der Waals surface area contributed by atoms with Crippen LogP contribution < -0.4 is 10.6 Å². The number of para-hydroxylation sites is 1. The summed E-state index contributed by atoms with van der Waals surface area (Å²) >= 11 is 6.13. The molecule has 2 amide bonds. The lowest BCUT2D eigenvalue weighted by Gasteiger charge is -2.15. The molecule has 2 aromatic carbocycles. The number of nitrogens with zero attached hydrogens (tertiary/aromatic N) is 1. The Kier molecular flexibility index (Phi) is 7.40. The molecule has 9 heteroatoms. The van der Waals surface area contributed by atoms with Crippen molar-refractivity contribution < 1.29 is 18.0 Å². The average molecular weight is 438 g/mol. The largest absolute Gasteiger partial charge is 0.352 e. The SMILES string of the molecule is CC(C)CNC(=O)c1ccccc1NC(=O)c1cc(S(=O)(=O)N(C)C)ccc1Cl. The van der Waals surface area contributed by atoms with Crippen molar-refractivity contribution in [2.24, 2.45) is 5.92 Å². The average Bonchev–Trinajstić information content (AvgIpc) is 2.66. The van der Waals surface area contributed by atoms with Gasteiger partial charge in [-0.1, -0.05) is 37.6 Å². The van der Waals surface area contributed by atoms with Gasteiger partial charge < -0.3 is 10.6 Å². The molecule has 0 aromatic heterocycles. The maximum Gasteiger partial charge on any atom is 0.257 e. The van der Waals surface area contributed by atoms with E-state index in [1.807, 2.05) is 13.8 Å². The van der Waals surface area contributed by atoms with Crippen LogP contribution in [0.2, 0.25) is 5.02 Å². The number of hydrogen-bond donors (Lipinski definition) is 2. The van der Waals surface area contributed by atoms with E-state index < -0.39 is 15.9 Å². The van der Waals surface area contributed by atoms with Gasteiger partial charge in [0.1, 0.15) is 0 Å². The minimum atomic E-state index is -3.73. The summed E-state index contributed by atoms with van der Waals surface area (Å²) in [5, 5.41) is 5.55. The van der Waals surface area contributed by atoms with E-state index in [0.717, 1.165) is 4.31 Å². The van der Waals surface area contributed by atoms with Crippen LogP contribution in [-0.2, 0) is 10.0 Å². The lowest BCUT2D eigenvalue weighted by molar-refractivity contribution is 0.0950. The fraction of sp³-hybridized carbons (Fsp3) is 0.300. The fourth-order valence-corrected chi connectivity index (χ4v) is 3.55. The molecule has 0 heterocycles. The number of hydrogen-bond acceptors (Lipinski definition) is 4. The zero-order valence-electron chi connectivity index (χ0n) is 16.7. The number of benzene rings is 2. The van der Waals surface area contributed by atoms with E-state index in [4.69, 9.17) is 11.6 Å². The molecule has 156 valence electrons. The number of carbonyl (C=O) groups excluding carboxylic acids is 2. The first-order valence-electron chi connectivity index (χ1n) is 8.94. The number of rotatable bonds is 7. The van der Waals surface area contributed by atoms with Crippen molar-refractivity contribution in [3.8, 4) is 0 Å². The second-order valence-corrected chi connectivity index (χ2v) is 9.59. The smallest absolute Gasteiger partial charge is 0.257 e. The molecule has 2 aromatic rings. The molecule has 0 fully saturated rings. The molecule has 29 heavy (non-hydrogen) atoms. The van der Waals surface area contributed by atoms with Crippen LogP contribution in [-0.4, -0.2) is 45.2 Å². The number of nitrogens with one attached hydrogen (secondary N) is 2. The number of sulfonamides is 1. The van der Waals surface area contributed by atoms with Gasteiger partial charge in [0, 0.05) is 20.6 Å². The maximum absolute atomic E-state index is 12.8. The molecule has 0 saturated heterocycles. The van der Waals surface area contributed by atoms with E-state index in [-0.39, 0.29) is 27.3 Å². The van der Waals surface area contributed by atoms with Gasteiger partial charge in [0.2, 0.25) is 10.0 Å². The number of anilines is 1. The van der Waals surface area contributed by atoms with Gasteiger partial charge in [0.05, 0.1) is 26.7 Å². The van der Waals surface area contributed by atoms with Gasteiger partial charge in [-0.25, -0.2) is 12.7 Å². The maximum atomic E-state index is 12.8. The second-order valence-electron chi connectivity index (χ2n) is 7.03. The minimum absolute atomic E-state index is 0.00742. The Morgan fingerprint density at radius 3 is 2.31 bits per heavy atom. The Morgan fingerprint density at radius 1 is 1.03 bits per heavy atom. The molecule has 0 aliphatic carbocycles. The van der Waals surface area contributed by atoms with Crippen molar-refractivity contribution in [1.29, 1.82) is 0 Å². The molecule has 0 radical (unpaired) electrons. The topological polar surface area (TPSA) is 95.6 Å². The minimum Gasteiger partial charge on any atom is -0.352 e. The Labute approximate surface area is 176 Å². The van der Waals surface area contributed by atoms with Crippen LogP contribution in [0.4, 0.5) is 5.69 Å². The van der Waals surface area contributed by atoms with Crippen LogP contribution in [0.15, 0.2) is 47.4 Å². The third kappa shape index (κ3) is 5.56. The van der Waals surface area contributed by atoms with Crippen LogP contribution in [0, 0.1) is 5.92 Å². The summed E-state index contributed by atoms with van der Waals surface area (Å²) in [6, 6.07) is 10.5. The summed E-state index contributed by atoms with van der Waals surface area (Å²) in [5.41, 5.74) is 0.595. The molecular formula is C20H24ClN3O4S. The van der Waals surface area contributed by atoms with Crippen molar-refractivity contribution in [2.75, 3.05) is 26.0 Å². The molecule has 0 bridgehead atoms. The third-order valence-electron chi connectivity index (χ3n) is 4.05. The molecule has 0 aliphatic rings. The molecule has 0 unspecified atom stereocenters. The first-order valence-corrected chi connectivity index (χ1v) is 10.8. The van der Waals surface area contributed by atoms with Gasteiger partial charge in [0.25, 0.3) is 11.8 Å². The number of amides is 2. The van der Waals surface area contributed by atoms with Gasteiger partial charge in [0.15, 0.2) is 0 Å². The summed E-state index contributed by atoms with van der Waals surface area (Å²) in [4.78, 5) is 25.2. The fourth-order valence-electron chi connectivity index (χ4n) is 2.42. The normalized spacial score (nSPS) is 11.6. The van der Waals surface area contributed by atoms with Gasteiger partial charge in [-0.05, 0) is 36.2 Å². The van der Waals surface area contributed by atoms with Crippen LogP contribution in [0.25, 0.3) is 0 Å². The predicted octanol–water partition coefficient (Wildman–Crippen LogP) is 3.23. The van der Waals surface area contributed by atoms with Gasteiger partial charge in [-0.2, -0.15) is 0 Å². The summed E-state index contributed by atoms with van der Waals surface area (Å²) in [6.45, 7) is 4.45. The zero-order valence-corrected chi connectivity index (χ0v) is 18.3. The van der Waals surface area contributed by atoms with Crippen LogP contribution >= 0.6 is 11.6 Å². The molecule has 2 rings (SSSR count). The van der Waals surface area contributed by atoms with E-state index in [1.165, 1.54) is 32.3 Å². The summed E-state index contributed by atoms with van der Waals surface area (Å²) in [6.07, 6.45) is 0. The molecular weight excluding hydrogens is 414 g/mol. The highest BCUT2D eigenvalue weighted by atomic mass is 35.5. The molecule has 2 N–H and O–H groups in total. The Morgan fingerprint density at radius 2 is 1.69 bits per heavy atom. The van der Waals surface area contributed by atoms with E-state index in [2.05, 4.69) is 10.6 Å². The van der Waals surface area contributed by atoms with Gasteiger partial charge in [-0.15, -0.1) is 0 Å². The van der Waals surface area contributed by atoms with Crippen molar-refractivity contribution >= 4 is 39.1 Å². The zero-order chi connectivity index (χ0) is 21.8. The van der Waals surface area contributed by atoms with Gasteiger partial charge in [-0.3, -0.25) is 9.59 Å². The van der Waals surface area contributed by atoms with E-state index >= 15 is 0 Å². The predicted molar refractivity (Wildman–Crippen MR) is 114 cm³/mol. The van der Waals surface area contributed by atoms with Crippen molar-refractivity contribution in [3.63, 3.8) is 0 Å². The summed E-state index contributed by atoms with van der Waals surface area (Å²) < 4.78 is 25.7. The first kappa shape index (κ1) is 22.9. The Balaban J connectivity index is 2.33. The lowest BCUT2D eigenvalue weighted by atomic mass is 10.1. The van der Waals surface area contributed by atoms with E-state index in [9.17, 15) is 18.0 Å². The van der Waals surface area contributed by atoms with Gasteiger partial charge >= 0.3 is 0 Å². The summed E-state index contributed by atoms with van der Waals surface area (Å²) in [5.74, 6) is -0.652. The van der Waals surface area contributed by atoms with E-state index in [1.54, 1.807) is 24.3 Å². The number of halogens is 1. The molecule has 0 spiro atoms. The Bertz CT molecular complexity index is 1020. The molecule has 7 nitrogen and oxygen atoms in total. The lowest BCUT2D eigenvalue weighted by Crippen LogP contribution is -2.28. The first-order chi connectivity index (χ1) is 13.5. The second kappa shape index (κ2) is 9.39. The standard InChI is InChI=1S/C20H24ClN3O4S/c1-13(2)12-22-19(25)15-7-5-6-8-18(15)23-20(26)16-11-14(9-10-17(16)21)29(27,28)24(3)4/h5-11,13H,12H2,1-4H3,(H,22,25)(H,23,26). The van der Waals surface area contributed by atoms with Crippen LogP contribution in [0.1, 0.15) is 34.6 Å². The van der Waals surface area contributed by atoms with Crippen molar-refractivity contribution in [2.45, 2.75) is 18.7 Å². The monoisotopic (exact) mass is 437 g/mol. The van der Waals surface area contributed by atoms with E-state index in [0.29, 0.717) is 17.8 Å². The molecule has 0 aliphatic heterocycles. The molecule has 0 atom stereocenters. The van der Waals surface area contributed by atoms with Crippen molar-refractivity contribution in [1.82, 2.24) is 9.62 Å². The third-order valence-corrected chi connectivity index (χ3v) is 6.19. The highest BCUT2D eigenvalue weighted by molar-refractivity contribution is 7.89. The summed E-state index contributed by atoms with van der Waals surface area (Å²) in [7, 11) is -0.932. The van der Waals surface area contributed by atoms with Crippen molar-refractivity contribution in [3.05, 3.63) is 58.6 Å². The Hall–Kier alpha value is -2.42. The van der Waals surface area contributed by atoms with Crippen LogP contribution in [0.3, 0.4) is 0 Å². The quantitative estimate of drug-likeness (QED) is 0.695. The number of carbonyl (C=O) groups is 2. The van der Waals surface area contributed by atoms with Crippen LogP contribution in [0.5, 0.6) is 0 Å².